The van der Waals surface area contributed by atoms with Gasteiger partial charge in [0.15, 0.2) is 0 Å². The summed E-state index contributed by atoms with van der Waals surface area (Å²) in [6, 6.07) is 8.00. The van der Waals surface area contributed by atoms with Crippen LogP contribution >= 0.6 is 0 Å². The van der Waals surface area contributed by atoms with E-state index in [-0.39, 0.29) is 41.5 Å². The molecule has 16 nitrogen and oxygen atoms in total. The summed E-state index contributed by atoms with van der Waals surface area (Å²) >= 11 is 0. The number of allylic oxidation sites excluding steroid dienone is 2. The molecule has 4 aromatic rings. The Kier molecular flexibility index (Phi) is 10.0. The number of nitrogens with one attached hydrogen (secondary N) is 4. The van der Waals surface area contributed by atoms with Crippen molar-refractivity contribution in [2.75, 3.05) is 42.9 Å². The van der Waals surface area contributed by atoms with Crippen molar-refractivity contribution in [2.45, 2.75) is 64.1 Å². The molecule has 0 bridgehead atoms. The van der Waals surface area contributed by atoms with Crippen LogP contribution in [0.2, 0.25) is 0 Å². The monoisotopic (exact) mass is 796 g/mol. The van der Waals surface area contributed by atoms with Gasteiger partial charge in [-0.3, -0.25) is 48.6 Å². The fourth-order valence-corrected chi connectivity index (χ4v) is 8.69. The minimum Gasteiger partial charge on any atom is -0.371 e. The Morgan fingerprint density at radius 1 is 0.932 bits per heavy atom. The molecule has 5 amide bonds. The number of aromatic amines is 1. The Morgan fingerprint density at radius 2 is 1.76 bits per heavy atom. The van der Waals surface area contributed by atoms with Crippen LogP contribution in [0.4, 0.5) is 11.4 Å². The van der Waals surface area contributed by atoms with Gasteiger partial charge in [-0.2, -0.15) is 5.10 Å². The third kappa shape index (κ3) is 7.35. The number of H-pyrrole nitrogens is 1. The van der Waals surface area contributed by atoms with E-state index in [1.807, 2.05) is 53.1 Å². The molecule has 1 aromatic carbocycles. The molecule has 3 aromatic heterocycles. The number of benzene rings is 1. The van der Waals surface area contributed by atoms with Crippen LogP contribution in [0.15, 0.2) is 88.8 Å². The number of aryl methyl sites for hydroxylation is 1. The largest absolute Gasteiger partial charge is 0.371 e. The predicted molar refractivity (Wildman–Crippen MR) is 218 cm³/mol. The number of anilines is 2. The number of fused-ring (bicyclic) bond motifs is 2. The van der Waals surface area contributed by atoms with Crippen molar-refractivity contribution in [2.24, 2.45) is 0 Å². The molecule has 0 radical (unpaired) electrons. The van der Waals surface area contributed by atoms with Crippen LogP contribution in [-0.4, -0.2) is 97.8 Å². The van der Waals surface area contributed by atoms with Gasteiger partial charge in [0.05, 0.1) is 40.1 Å². The average Bonchev–Trinajstić information content (AvgIpc) is 3.81. The Morgan fingerprint density at radius 3 is 2.54 bits per heavy atom. The summed E-state index contributed by atoms with van der Waals surface area (Å²) < 4.78 is 1.88. The lowest BCUT2D eigenvalue weighted by Crippen LogP contribution is -2.54. The summed E-state index contributed by atoms with van der Waals surface area (Å²) in [6.45, 7) is 5.93. The molecule has 1 atom stereocenters. The molecule has 302 valence electrons. The van der Waals surface area contributed by atoms with E-state index in [9.17, 15) is 28.8 Å². The maximum Gasteiger partial charge on any atom is 0.272 e. The van der Waals surface area contributed by atoms with Gasteiger partial charge in [0.2, 0.25) is 11.8 Å². The van der Waals surface area contributed by atoms with Crippen molar-refractivity contribution in [3.05, 3.63) is 117 Å². The number of amides is 5. The second kappa shape index (κ2) is 15.6. The zero-order valence-corrected chi connectivity index (χ0v) is 32.6. The molecule has 16 heteroatoms. The molecule has 9 rings (SSSR count). The first kappa shape index (κ1) is 37.9. The van der Waals surface area contributed by atoms with Gasteiger partial charge in [0.1, 0.15) is 11.7 Å². The van der Waals surface area contributed by atoms with E-state index >= 15 is 0 Å². The number of aromatic nitrogens is 4. The number of pyridine rings is 2. The molecule has 1 unspecified atom stereocenters. The summed E-state index contributed by atoms with van der Waals surface area (Å²) in [5.41, 5.74) is 7.62. The van der Waals surface area contributed by atoms with Gasteiger partial charge in [0.25, 0.3) is 23.3 Å². The number of carbonyl (C=O) groups excluding carboxylic acids is 5. The summed E-state index contributed by atoms with van der Waals surface area (Å²) in [5, 5.41) is 13.3. The second-order valence-corrected chi connectivity index (χ2v) is 15.6. The molecule has 8 heterocycles. The first-order chi connectivity index (χ1) is 28.6. The van der Waals surface area contributed by atoms with Crippen LogP contribution in [0.25, 0.3) is 11.0 Å². The lowest BCUT2D eigenvalue weighted by Gasteiger charge is -2.33. The van der Waals surface area contributed by atoms with Gasteiger partial charge < -0.3 is 25.4 Å². The van der Waals surface area contributed by atoms with E-state index in [2.05, 4.69) is 42.0 Å². The van der Waals surface area contributed by atoms with Crippen LogP contribution in [-0.2, 0) is 27.3 Å². The third-order valence-corrected chi connectivity index (χ3v) is 11.9. The summed E-state index contributed by atoms with van der Waals surface area (Å²) in [4.78, 5) is 90.0. The normalized spacial score (nSPS) is 20.1. The molecule has 0 aliphatic carbocycles. The molecule has 5 aliphatic rings. The van der Waals surface area contributed by atoms with Crippen molar-refractivity contribution in [3.63, 3.8) is 0 Å². The number of imide groups is 2. The molecule has 0 spiro atoms. The third-order valence-electron chi connectivity index (χ3n) is 11.9. The SMILES string of the molecule is CCc1cc2ncc(CN3CC(C4=CCNCC4)=CC=C3C(=O)Nc3cnn(C4CCN(c5ccc6c(c5)C(=O)N(C5CCC(=O)NC5=O)C6=O)CC4)c3)cc2[nH]c1=O. The van der Waals surface area contributed by atoms with Crippen LogP contribution in [0.1, 0.15) is 76.9 Å². The number of hydrogen-bond donors (Lipinski definition) is 4. The quantitative estimate of drug-likeness (QED) is 0.182. The van der Waals surface area contributed by atoms with Gasteiger partial charge >= 0.3 is 0 Å². The first-order valence-corrected chi connectivity index (χ1v) is 20.2. The summed E-state index contributed by atoms with van der Waals surface area (Å²) in [7, 11) is 0. The predicted octanol–water partition coefficient (Wildman–Crippen LogP) is 3.11. The Labute approximate surface area is 339 Å². The molecule has 5 aliphatic heterocycles. The smallest absolute Gasteiger partial charge is 0.272 e. The number of hydrogen-bond acceptors (Lipinski definition) is 11. The van der Waals surface area contributed by atoms with Crippen molar-refractivity contribution < 1.29 is 24.0 Å². The Bertz CT molecular complexity index is 2580. The minimum atomic E-state index is -1.01. The topological polar surface area (TPSA) is 195 Å². The van der Waals surface area contributed by atoms with Crippen molar-refractivity contribution in [1.82, 2.24) is 40.2 Å². The summed E-state index contributed by atoms with van der Waals surface area (Å²) in [5.74, 6) is -2.36. The van der Waals surface area contributed by atoms with Crippen molar-refractivity contribution in [3.8, 4) is 0 Å². The number of carbonyl (C=O) groups is 5. The molecule has 0 saturated carbocycles. The maximum atomic E-state index is 14.0. The van der Waals surface area contributed by atoms with Crippen LogP contribution in [0.5, 0.6) is 0 Å². The number of nitrogens with zero attached hydrogens (tertiary/aromatic N) is 6. The molecular weight excluding hydrogens is 753 g/mol. The molecule has 4 N–H and O–H groups in total. The zero-order valence-electron chi connectivity index (χ0n) is 32.6. The van der Waals surface area contributed by atoms with Crippen molar-refractivity contribution >= 4 is 51.9 Å². The zero-order chi connectivity index (χ0) is 40.8. The highest BCUT2D eigenvalue weighted by molar-refractivity contribution is 6.23. The Hall–Kier alpha value is -6.68. The fraction of sp³-hybridized carbons (Fsp3) is 0.349. The van der Waals surface area contributed by atoms with E-state index in [1.54, 1.807) is 24.5 Å². The molecule has 2 saturated heterocycles. The number of rotatable bonds is 9. The van der Waals surface area contributed by atoms with Gasteiger partial charge in [-0.05, 0) is 91.8 Å². The first-order valence-electron chi connectivity index (χ1n) is 20.2. The lowest BCUT2D eigenvalue weighted by molar-refractivity contribution is -0.136. The van der Waals surface area contributed by atoms with Crippen molar-refractivity contribution in [1.29, 1.82) is 0 Å². The highest BCUT2D eigenvalue weighted by Gasteiger charge is 2.45. The molecule has 59 heavy (non-hydrogen) atoms. The highest BCUT2D eigenvalue weighted by Crippen LogP contribution is 2.33. The van der Waals surface area contributed by atoms with Gasteiger partial charge in [-0.25, -0.2) is 0 Å². The van der Waals surface area contributed by atoms with Gasteiger partial charge in [0, 0.05) is 62.8 Å². The fourth-order valence-electron chi connectivity index (χ4n) is 8.69. The second-order valence-electron chi connectivity index (χ2n) is 15.6. The van der Waals surface area contributed by atoms with Crippen LogP contribution in [0.3, 0.4) is 0 Å². The van der Waals surface area contributed by atoms with E-state index in [1.165, 1.54) is 5.57 Å². The maximum absolute atomic E-state index is 14.0. The minimum absolute atomic E-state index is 0.0659. The van der Waals surface area contributed by atoms with E-state index in [0.29, 0.717) is 55.1 Å². The Balaban J connectivity index is 0.862. The van der Waals surface area contributed by atoms with Gasteiger partial charge in [-0.15, -0.1) is 0 Å². The standard InChI is InChI=1S/C43H44N10O6/c1-2-26-18-34-35(48-39(26)55)17-25(20-45-34)22-51-23-28(27-9-13-44-14-10-27)3-6-36(51)40(56)47-29-21-46-52(24-29)30-11-15-50(16-12-30)31-4-5-32-33(19-31)43(59)53(42(32)58)37-7-8-38(54)49-41(37)57/h3-6,9,17-21,24,30,37,44H,2,7-8,10-16,22-23H2,1H3,(H,47,56)(H,48,55)(H,49,54,57). The van der Waals surface area contributed by atoms with Gasteiger partial charge in [-0.1, -0.05) is 19.1 Å². The average molecular weight is 797 g/mol. The van der Waals surface area contributed by atoms with E-state index in [4.69, 9.17) is 0 Å². The summed E-state index contributed by atoms with van der Waals surface area (Å²) in [6.07, 6.45) is 14.6. The van der Waals surface area contributed by atoms with E-state index in [0.717, 1.165) is 59.6 Å². The van der Waals surface area contributed by atoms with Crippen LogP contribution in [0, 0.1) is 0 Å². The number of piperidine rings is 2. The molecule has 2 fully saturated rings. The highest BCUT2D eigenvalue weighted by atomic mass is 16.2. The lowest BCUT2D eigenvalue weighted by atomic mass is 9.96. The van der Waals surface area contributed by atoms with E-state index < -0.39 is 29.7 Å². The molecular formula is C43H44N10O6. The van der Waals surface area contributed by atoms with Crippen LogP contribution < -0.4 is 26.4 Å².